The summed E-state index contributed by atoms with van der Waals surface area (Å²) in [7, 11) is 0. The number of amides is 1. The number of nitrogens with zero attached hydrogens (tertiary/aromatic N) is 4. The first-order valence-electron chi connectivity index (χ1n) is 8.78. The van der Waals surface area contributed by atoms with Gasteiger partial charge in [0.2, 0.25) is 0 Å². The molecular weight excluding hydrogens is 343 g/mol. The summed E-state index contributed by atoms with van der Waals surface area (Å²) in [6, 6.07) is 4.91. The second kappa shape index (κ2) is 6.75. The van der Waals surface area contributed by atoms with Crippen LogP contribution in [-0.4, -0.2) is 38.2 Å². The Morgan fingerprint density at radius 2 is 2.16 bits per heavy atom. The number of hydrogen-bond donors (Lipinski definition) is 0. The second-order valence-electron chi connectivity index (χ2n) is 6.85. The molecule has 25 heavy (non-hydrogen) atoms. The first-order valence-corrected chi connectivity index (χ1v) is 9.15. The number of benzene rings is 1. The van der Waals surface area contributed by atoms with Crippen molar-refractivity contribution in [3.05, 3.63) is 46.8 Å². The standard InChI is InChI=1S/C18H20ClFN4O/c19-15-10-12(3-7-16(15)20)18(25)23-9-1-2-13(23)6-8-17-22-21-11-24(17)14-4-5-14/h3,7,10-11,13-14H,1-2,4-6,8-9H2. The van der Waals surface area contributed by atoms with Crippen LogP contribution in [0.1, 0.15) is 54.3 Å². The fourth-order valence-corrected chi connectivity index (χ4v) is 3.78. The summed E-state index contributed by atoms with van der Waals surface area (Å²) in [6.07, 6.45) is 7.86. The van der Waals surface area contributed by atoms with E-state index in [1.807, 2.05) is 11.2 Å². The Kier molecular flexibility index (Phi) is 4.46. The second-order valence-corrected chi connectivity index (χ2v) is 7.25. The van der Waals surface area contributed by atoms with Crippen LogP contribution in [0.4, 0.5) is 4.39 Å². The van der Waals surface area contributed by atoms with Gasteiger partial charge in [0, 0.05) is 30.6 Å². The maximum absolute atomic E-state index is 13.3. The molecule has 132 valence electrons. The summed E-state index contributed by atoms with van der Waals surface area (Å²) in [4.78, 5) is 14.7. The lowest BCUT2D eigenvalue weighted by molar-refractivity contribution is 0.0730. The van der Waals surface area contributed by atoms with Crippen LogP contribution in [0.15, 0.2) is 24.5 Å². The molecule has 1 atom stereocenters. The van der Waals surface area contributed by atoms with E-state index in [1.165, 1.54) is 31.0 Å². The van der Waals surface area contributed by atoms with Crippen molar-refractivity contribution in [1.82, 2.24) is 19.7 Å². The predicted molar refractivity (Wildman–Crippen MR) is 92.1 cm³/mol. The zero-order chi connectivity index (χ0) is 17.4. The number of aryl methyl sites for hydroxylation is 1. The number of likely N-dealkylation sites (tertiary alicyclic amines) is 1. The van der Waals surface area contributed by atoms with Gasteiger partial charge in [-0.05, 0) is 50.3 Å². The zero-order valence-electron chi connectivity index (χ0n) is 13.9. The Balaban J connectivity index is 1.43. The van der Waals surface area contributed by atoms with E-state index in [2.05, 4.69) is 14.8 Å². The number of carbonyl (C=O) groups excluding carboxylic acids is 1. The van der Waals surface area contributed by atoms with Gasteiger partial charge in [-0.3, -0.25) is 4.79 Å². The van der Waals surface area contributed by atoms with E-state index in [0.29, 0.717) is 11.6 Å². The van der Waals surface area contributed by atoms with E-state index >= 15 is 0 Å². The van der Waals surface area contributed by atoms with E-state index in [0.717, 1.165) is 38.1 Å². The Bertz CT molecular complexity index is 789. The normalized spacial score (nSPS) is 20.2. The number of aromatic nitrogens is 3. The van der Waals surface area contributed by atoms with Gasteiger partial charge in [-0.1, -0.05) is 11.6 Å². The summed E-state index contributed by atoms with van der Waals surface area (Å²) >= 11 is 5.82. The first-order chi connectivity index (χ1) is 12.1. The number of carbonyl (C=O) groups is 1. The molecule has 1 aromatic carbocycles. The topological polar surface area (TPSA) is 51.0 Å². The highest BCUT2D eigenvalue weighted by atomic mass is 35.5. The number of halogens is 2. The maximum Gasteiger partial charge on any atom is 0.254 e. The molecule has 1 aliphatic heterocycles. The minimum atomic E-state index is -0.504. The molecule has 2 aromatic rings. The molecule has 2 heterocycles. The van der Waals surface area contributed by atoms with Crippen molar-refractivity contribution >= 4 is 17.5 Å². The average molecular weight is 363 g/mol. The van der Waals surface area contributed by atoms with Crippen LogP contribution in [0.3, 0.4) is 0 Å². The molecule has 0 spiro atoms. The lowest BCUT2D eigenvalue weighted by Crippen LogP contribution is -2.36. The molecule has 1 unspecified atom stereocenters. The van der Waals surface area contributed by atoms with Crippen molar-refractivity contribution < 1.29 is 9.18 Å². The molecule has 1 saturated heterocycles. The van der Waals surface area contributed by atoms with Gasteiger partial charge < -0.3 is 9.47 Å². The molecule has 0 radical (unpaired) electrons. The fraction of sp³-hybridized carbons (Fsp3) is 0.500. The van der Waals surface area contributed by atoms with Gasteiger partial charge >= 0.3 is 0 Å². The van der Waals surface area contributed by atoms with Gasteiger partial charge in [0.25, 0.3) is 5.91 Å². The smallest absolute Gasteiger partial charge is 0.254 e. The lowest BCUT2D eigenvalue weighted by Gasteiger charge is -2.25. The summed E-state index contributed by atoms with van der Waals surface area (Å²) in [5.74, 6) is 0.426. The van der Waals surface area contributed by atoms with Crippen LogP contribution in [0.5, 0.6) is 0 Å². The van der Waals surface area contributed by atoms with Crippen molar-refractivity contribution in [2.24, 2.45) is 0 Å². The molecule has 1 aromatic heterocycles. The Morgan fingerprint density at radius 3 is 2.92 bits per heavy atom. The molecular formula is C18H20ClFN4O. The van der Waals surface area contributed by atoms with E-state index < -0.39 is 5.82 Å². The van der Waals surface area contributed by atoms with Gasteiger partial charge in [-0.25, -0.2) is 4.39 Å². The van der Waals surface area contributed by atoms with Crippen molar-refractivity contribution in [2.75, 3.05) is 6.54 Å². The Labute approximate surface area is 150 Å². The zero-order valence-corrected chi connectivity index (χ0v) is 14.6. The summed E-state index contributed by atoms with van der Waals surface area (Å²) in [6.45, 7) is 0.730. The third-order valence-corrected chi connectivity index (χ3v) is 5.38. The SMILES string of the molecule is O=C(c1ccc(F)c(Cl)c1)N1CCCC1CCc1nncn1C1CC1. The molecule has 0 N–H and O–H groups in total. The summed E-state index contributed by atoms with van der Waals surface area (Å²) < 4.78 is 15.5. The Hall–Kier alpha value is -1.95. The summed E-state index contributed by atoms with van der Waals surface area (Å²) in [5.41, 5.74) is 0.444. The minimum absolute atomic E-state index is 0.0147. The van der Waals surface area contributed by atoms with Gasteiger partial charge in [0.1, 0.15) is 18.0 Å². The molecule has 1 amide bonds. The van der Waals surface area contributed by atoms with Crippen molar-refractivity contribution in [2.45, 2.75) is 50.6 Å². The van der Waals surface area contributed by atoms with Crippen molar-refractivity contribution in [3.8, 4) is 0 Å². The van der Waals surface area contributed by atoms with Gasteiger partial charge in [-0.2, -0.15) is 0 Å². The monoisotopic (exact) mass is 362 g/mol. The van der Waals surface area contributed by atoms with Crippen molar-refractivity contribution in [3.63, 3.8) is 0 Å². The molecule has 1 saturated carbocycles. The third-order valence-electron chi connectivity index (χ3n) is 5.09. The molecule has 4 rings (SSSR count). The van der Waals surface area contributed by atoms with E-state index in [-0.39, 0.29) is 17.0 Å². The lowest BCUT2D eigenvalue weighted by atomic mass is 10.1. The van der Waals surface area contributed by atoms with Crippen LogP contribution in [-0.2, 0) is 6.42 Å². The summed E-state index contributed by atoms with van der Waals surface area (Å²) in [5, 5.41) is 8.25. The minimum Gasteiger partial charge on any atom is -0.336 e. The van der Waals surface area contributed by atoms with Gasteiger partial charge in [0.15, 0.2) is 0 Å². The Morgan fingerprint density at radius 1 is 1.32 bits per heavy atom. The quantitative estimate of drug-likeness (QED) is 0.815. The highest BCUT2D eigenvalue weighted by molar-refractivity contribution is 6.31. The van der Waals surface area contributed by atoms with Crippen LogP contribution in [0, 0.1) is 5.82 Å². The van der Waals surface area contributed by atoms with Crippen LogP contribution >= 0.6 is 11.6 Å². The number of rotatable bonds is 5. The fourth-order valence-electron chi connectivity index (χ4n) is 3.60. The molecule has 5 nitrogen and oxygen atoms in total. The van der Waals surface area contributed by atoms with Crippen molar-refractivity contribution in [1.29, 1.82) is 0 Å². The third kappa shape index (κ3) is 3.40. The van der Waals surface area contributed by atoms with Crippen LogP contribution in [0.2, 0.25) is 5.02 Å². The molecule has 2 fully saturated rings. The maximum atomic E-state index is 13.3. The highest BCUT2D eigenvalue weighted by Gasteiger charge is 2.31. The first kappa shape index (κ1) is 16.5. The van der Waals surface area contributed by atoms with Gasteiger partial charge in [0.05, 0.1) is 5.02 Å². The van der Waals surface area contributed by atoms with E-state index in [4.69, 9.17) is 11.6 Å². The molecule has 1 aliphatic carbocycles. The highest BCUT2D eigenvalue weighted by Crippen LogP contribution is 2.35. The largest absolute Gasteiger partial charge is 0.336 e. The predicted octanol–water partition coefficient (Wildman–Crippen LogP) is 3.64. The van der Waals surface area contributed by atoms with E-state index in [1.54, 1.807) is 0 Å². The molecule has 2 aliphatic rings. The molecule has 0 bridgehead atoms. The van der Waals surface area contributed by atoms with Crippen LogP contribution < -0.4 is 0 Å². The van der Waals surface area contributed by atoms with Gasteiger partial charge in [-0.15, -0.1) is 10.2 Å². The van der Waals surface area contributed by atoms with Crippen LogP contribution in [0.25, 0.3) is 0 Å². The van der Waals surface area contributed by atoms with E-state index in [9.17, 15) is 9.18 Å². The number of hydrogen-bond acceptors (Lipinski definition) is 3. The molecule has 7 heteroatoms. The average Bonchev–Trinajstić information content (AvgIpc) is 3.16.